The predicted octanol–water partition coefficient (Wildman–Crippen LogP) is 6.02. The molecule has 1 saturated heterocycles. The lowest BCUT2D eigenvalue weighted by molar-refractivity contribution is -0.132. The Hall–Kier alpha value is -1.40. The van der Waals surface area contributed by atoms with Crippen LogP contribution in [0.4, 0.5) is 0 Å². The van der Waals surface area contributed by atoms with E-state index in [1.165, 1.54) is 11.8 Å². The molecule has 0 atom stereocenters. The first-order valence-corrected chi connectivity index (χ1v) is 10.8. The highest BCUT2D eigenvalue weighted by Crippen LogP contribution is 2.32. The van der Waals surface area contributed by atoms with Crippen molar-refractivity contribution in [1.82, 2.24) is 4.90 Å². The molecule has 0 aromatic heterocycles. The van der Waals surface area contributed by atoms with Gasteiger partial charge >= 0.3 is 5.97 Å². The third-order valence-corrected chi connectivity index (χ3v) is 5.40. The van der Waals surface area contributed by atoms with E-state index in [0.29, 0.717) is 47.6 Å². The van der Waals surface area contributed by atoms with Crippen LogP contribution in [-0.4, -0.2) is 42.3 Å². The van der Waals surface area contributed by atoms with Gasteiger partial charge < -0.3 is 14.7 Å². The smallest absolute Gasteiger partial charge is 0.337 e. The predicted molar refractivity (Wildman–Crippen MR) is 117 cm³/mol. The largest absolute Gasteiger partial charge is 0.478 e. The molecule has 1 N–H and O–H groups in total. The first kappa shape index (κ1) is 22.9. The minimum Gasteiger partial charge on any atom is -0.478 e. The number of carbonyl (C=O) groups is 1. The Morgan fingerprint density at radius 1 is 1.25 bits per heavy atom. The van der Waals surface area contributed by atoms with Crippen LogP contribution in [0.3, 0.4) is 0 Å². The number of allylic oxidation sites excluding steroid dienone is 3. The van der Waals surface area contributed by atoms with Crippen LogP contribution >= 0.6 is 35.0 Å². The second-order valence-electron chi connectivity index (χ2n) is 6.36. The Labute approximate surface area is 180 Å². The van der Waals surface area contributed by atoms with E-state index in [1.54, 1.807) is 12.1 Å². The molecule has 0 bridgehead atoms. The molecule has 0 radical (unpaired) electrons. The fourth-order valence-electron chi connectivity index (χ4n) is 2.77. The standard InChI is InChI=1S/C21H25Cl2NO3S/c1-3-4-5-6-19(21(25)26)20(24-7-9-27-10-8-24)11-15(2)28-18-13-16(22)12-17(23)14-18/h5-6,11-14H,3-4,7-10H2,1-2H3,(H,25,26)/b6-5+,15-11+,20-19-. The molecule has 1 aromatic carbocycles. The fourth-order valence-corrected chi connectivity index (χ4v) is 4.34. The van der Waals surface area contributed by atoms with Crippen molar-refractivity contribution in [2.24, 2.45) is 0 Å². The van der Waals surface area contributed by atoms with Gasteiger partial charge in [-0.2, -0.15) is 0 Å². The molecule has 1 aliphatic rings. The summed E-state index contributed by atoms with van der Waals surface area (Å²) in [5.74, 6) is -0.936. The van der Waals surface area contributed by atoms with Crippen LogP contribution in [-0.2, 0) is 9.53 Å². The molecule has 0 aliphatic carbocycles. The second kappa shape index (κ2) is 11.6. The lowest BCUT2D eigenvalue weighted by Gasteiger charge is -2.31. The van der Waals surface area contributed by atoms with Gasteiger partial charge in [-0.25, -0.2) is 4.79 Å². The minimum atomic E-state index is -0.936. The van der Waals surface area contributed by atoms with E-state index in [4.69, 9.17) is 27.9 Å². The summed E-state index contributed by atoms with van der Waals surface area (Å²) in [7, 11) is 0. The number of ether oxygens (including phenoxy) is 1. The average molecular weight is 442 g/mol. The van der Waals surface area contributed by atoms with E-state index < -0.39 is 5.97 Å². The minimum absolute atomic E-state index is 0.291. The van der Waals surface area contributed by atoms with Crippen molar-refractivity contribution in [3.05, 3.63) is 62.6 Å². The highest BCUT2D eigenvalue weighted by Gasteiger charge is 2.19. The van der Waals surface area contributed by atoms with E-state index in [1.807, 2.05) is 31.2 Å². The van der Waals surface area contributed by atoms with E-state index in [0.717, 1.165) is 22.6 Å². The Kier molecular flexibility index (Phi) is 9.45. The third-order valence-electron chi connectivity index (χ3n) is 4.05. The number of aliphatic carboxylic acids is 1. The number of carboxylic acid groups (broad SMARTS) is 1. The van der Waals surface area contributed by atoms with Gasteiger partial charge in [0.05, 0.1) is 24.5 Å². The number of rotatable bonds is 8. The van der Waals surface area contributed by atoms with Gasteiger partial charge in [0, 0.05) is 28.0 Å². The zero-order valence-corrected chi connectivity index (χ0v) is 18.4. The Balaban J connectivity index is 2.39. The monoisotopic (exact) mass is 441 g/mol. The average Bonchev–Trinajstić information content (AvgIpc) is 2.63. The SMILES string of the molecule is CCC/C=C/C(C(=O)O)=C(\C=C(/C)Sc1cc(Cl)cc(Cl)c1)N1CCOCC1. The highest BCUT2D eigenvalue weighted by atomic mass is 35.5. The summed E-state index contributed by atoms with van der Waals surface area (Å²) in [4.78, 5) is 15.9. The van der Waals surface area contributed by atoms with Crippen LogP contribution in [0.25, 0.3) is 0 Å². The molecule has 1 fully saturated rings. The van der Waals surface area contributed by atoms with Crippen molar-refractivity contribution < 1.29 is 14.6 Å². The molecule has 28 heavy (non-hydrogen) atoms. The summed E-state index contributed by atoms with van der Waals surface area (Å²) in [5, 5.41) is 11.0. The normalized spacial score (nSPS) is 16.4. The molecule has 1 heterocycles. The second-order valence-corrected chi connectivity index (χ2v) is 8.55. The first-order chi connectivity index (χ1) is 13.4. The summed E-state index contributed by atoms with van der Waals surface area (Å²) in [6.07, 6.45) is 7.35. The van der Waals surface area contributed by atoms with Crippen LogP contribution in [0.5, 0.6) is 0 Å². The zero-order chi connectivity index (χ0) is 20.5. The zero-order valence-electron chi connectivity index (χ0n) is 16.1. The number of unbranched alkanes of at least 4 members (excludes halogenated alkanes) is 1. The molecular formula is C21H25Cl2NO3S. The Bertz CT molecular complexity index is 764. The number of halogens is 2. The first-order valence-electron chi connectivity index (χ1n) is 9.19. The van der Waals surface area contributed by atoms with Crippen LogP contribution in [0, 0.1) is 0 Å². The van der Waals surface area contributed by atoms with Gasteiger partial charge in [0.1, 0.15) is 0 Å². The number of carboxylic acids is 1. The molecule has 4 nitrogen and oxygen atoms in total. The number of benzene rings is 1. The van der Waals surface area contributed by atoms with Gasteiger partial charge in [-0.15, -0.1) is 0 Å². The molecule has 2 rings (SSSR count). The van der Waals surface area contributed by atoms with Crippen molar-refractivity contribution in [3.8, 4) is 0 Å². The molecule has 7 heteroatoms. The Morgan fingerprint density at radius 3 is 2.46 bits per heavy atom. The number of morpholine rings is 1. The van der Waals surface area contributed by atoms with Crippen LogP contribution in [0.15, 0.2) is 57.5 Å². The van der Waals surface area contributed by atoms with Crippen LogP contribution < -0.4 is 0 Å². The maximum absolute atomic E-state index is 12.0. The number of hydrogen-bond donors (Lipinski definition) is 1. The van der Waals surface area contributed by atoms with Crippen LogP contribution in [0.2, 0.25) is 10.0 Å². The molecule has 0 amide bonds. The Morgan fingerprint density at radius 2 is 1.89 bits per heavy atom. The summed E-state index contributed by atoms with van der Waals surface area (Å²) >= 11 is 13.7. The number of thioether (sulfide) groups is 1. The van der Waals surface area contributed by atoms with Gasteiger partial charge in [-0.05, 0) is 48.6 Å². The van der Waals surface area contributed by atoms with Gasteiger partial charge in [0.25, 0.3) is 0 Å². The van der Waals surface area contributed by atoms with Gasteiger partial charge in [-0.1, -0.05) is 54.4 Å². The maximum atomic E-state index is 12.0. The van der Waals surface area contributed by atoms with Gasteiger partial charge in [0.15, 0.2) is 0 Å². The molecule has 0 spiro atoms. The molecule has 1 aromatic rings. The lowest BCUT2D eigenvalue weighted by Crippen LogP contribution is -2.36. The molecule has 0 unspecified atom stereocenters. The van der Waals surface area contributed by atoms with Gasteiger partial charge in [-0.3, -0.25) is 0 Å². The van der Waals surface area contributed by atoms with Gasteiger partial charge in [0.2, 0.25) is 0 Å². The summed E-state index contributed by atoms with van der Waals surface area (Å²) in [6.45, 7) is 6.50. The van der Waals surface area contributed by atoms with E-state index in [-0.39, 0.29) is 0 Å². The molecule has 1 aliphatic heterocycles. The van der Waals surface area contributed by atoms with Crippen molar-refractivity contribution in [2.75, 3.05) is 26.3 Å². The molecular weight excluding hydrogens is 417 g/mol. The number of hydrogen-bond acceptors (Lipinski definition) is 4. The maximum Gasteiger partial charge on any atom is 0.337 e. The van der Waals surface area contributed by atoms with Crippen molar-refractivity contribution in [1.29, 1.82) is 0 Å². The van der Waals surface area contributed by atoms with Crippen molar-refractivity contribution in [3.63, 3.8) is 0 Å². The van der Waals surface area contributed by atoms with Crippen molar-refractivity contribution in [2.45, 2.75) is 31.6 Å². The highest BCUT2D eigenvalue weighted by molar-refractivity contribution is 8.03. The fraction of sp³-hybridized carbons (Fsp3) is 0.381. The lowest BCUT2D eigenvalue weighted by atomic mass is 10.1. The molecule has 0 saturated carbocycles. The summed E-state index contributed by atoms with van der Waals surface area (Å²) < 4.78 is 5.43. The summed E-state index contributed by atoms with van der Waals surface area (Å²) in [6, 6.07) is 5.37. The van der Waals surface area contributed by atoms with E-state index in [9.17, 15) is 9.90 Å². The quantitative estimate of drug-likeness (QED) is 0.303. The topological polar surface area (TPSA) is 49.8 Å². The van der Waals surface area contributed by atoms with E-state index in [2.05, 4.69) is 11.8 Å². The van der Waals surface area contributed by atoms with Crippen molar-refractivity contribution >= 4 is 40.9 Å². The summed E-state index contributed by atoms with van der Waals surface area (Å²) in [5.41, 5.74) is 0.987. The molecule has 152 valence electrons. The van der Waals surface area contributed by atoms with Crippen LogP contribution in [0.1, 0.15) is 26.7 Å². The van der Waals surface area contributed by atoms with E-state index >= 15 is 0 Å². The third kappa shape index (κ3) is 7.21. The number of nitrogens with zero attached hydrogens (tertiary/aromatic N) is 1.